The van der Waals surface area contributed by atoms with E-state index in [4.69, 9.17) is 0 Å². The molecule has 138 valence electrons. The summed E-state index contributed by atoms with van der Waals surface area (Å²) in [6.07, 6.45) is 4.15. The van der Waals surface area contributed by atoms with Crippen LogP contribution in [0.15, 0.2) is 48.5 Å². The highest BCUT2D eigenvalue weighted by Crippen LogP contribution is 2.48. The molecular weight excluding hydrogens is 336 g/mol. The summed E-state index contributed by atoms with van der Waals surface area (Å²) < 4.78 is 0. The van der Waals surface area contributed by atoms with Crippen molar-refractivity contribution in [2.75, 3.05) is 0 Å². The van der Waals surface area contributed by atoms with E-state index in [1.807, 2.05) is 35.2 Å². The molecule has 2 fully saturated rings. The van der Waals surface area contributed by atoms with Crippen molar-refractivity contribution in [3.05, 3.63) is 70.8 Å². The summed E-state index contributed by atoms with van der Waals surface area (Å²) in [4.78, 5) is 28.7. The molecule has 0 aromatic heterocycles. The van der Waals surface area contributed by atoms with Gasteiger partial charge in [0, 0.05) is 17.6 Å². The Morgan fingerprint density at radius 3 is 2.52 bits per heavy atom. The number of fused-ring (bicyclic) bond motifs is 1. The molecule has 4 heteroatoms. The zero-order valence-corrected chi connectivity index (χ0v) is 15.5. The lowest BCUT2D eigenvalue weighted by atomic mass is 9.78. The fourth-order valence-electron chi connectivity index (χ4n) is 4.32. The topological polar surface area (TPSA) is 49.4 Å². The fourth-order valence-corrected chi connectivity index (χ4v) is 4.32. The second-order valence-electron chi connectivity index (χ2n) is 8.15. The zero-order valence-electron chi connectivity index (χ0n) is 15.5. The number of hydrogen-bond acceptors (Lipinski definition) is 2. The molecule has 3 aliphatic rings. The smallest absolute Gasteiger partial charge is 0.254 e. The Hall–Kier alpha value is -2.62. The van der Waals surface area contributed by atoms with Gasteiger partial charge in [-0.1, -0.05) is 48.0 Å². The lowest BCUT2D eigenvalue weighted by molar-refractivity contribution is -0.124. The monoisotopic (exact) mass is 360 g/mol. The molecule has 0 bridgehead atoms. The molecule has 2 aliphatic carbocycles. The van der Waals surface area contributed by atoms with Gasteiger partial charge in [-0.25, -0.2) is 0 Å². The first-order valence-corrected chi connectivity index (χ1v) is 9.92. The summed E-state index contributed by atoms with van der Waals surface area (Å²) in [6.45, 7) is 2.06. The van der Waals surface area contributed by atoms with Gasteiger partial charge in [-0.2, -0.15) is 0 Å². The van der Waals surface area contributed by atoms with Crippen molar-refractivity contribution in [3.8, 4) is 0 Å². The van der Waals surface area contributed by atoms with Crippen molar-refractivity contribution in [3.63, 3.8) is 0 Å². The third-order valence-corrected chi connectivity index (χ3v) is 5.91. The second kappa shape index (κ2) is 6.22. The van der Waals surface area contributed by atoms with E-state index in [-0.39, 0.29) is 29.8 Å². The summed E-state index contributed by atoms with van der Waals surface area (Å²) in [6, 6.07) is 16.2. The van der Waals surface area contributed by atoms with Crippen LogP contribution in [0.5, 0.6) is 0 Å². The van der Waals surface area contributed by atoms with Gasteiger partial charge in [0.2, 0.25) is 5.91 Å². The van der Waals surface area contributed by atoms with Crippen molar-refractivity contribution in [2.45, 2.75) is 56.7 Å². The Balaban J connectivity index is 1.67. The molecule has 0 unspecified atom stereocenters. The van der Waals surface area contributed by atoms with Crippen LogP contribution in [0, 0.1) is 6.92 Å². The molecule has 1 N–H and O–H groups in total. The van der Waals surface area contributed by atoms with Crippen molar-refractivity contribution >= 4 is 11.8 Å². The van der Waals surface area contributed by atoms with Gasteiger partial charge in [0.05, 0.1) is 12.0 Å². The minimum absolute atomic E-state index is 0.0506. The quantitative estimate of drug-likeness (QED) is 0.903. The molecular formula is C23H24N2O2. The number of carbonyl (C=O) groups is 2. The van der Waals surface area contributed by atoms with E-state index < -0.39 is 0 Å². The van der Waals surface area contributed by atoms with Gasteiger partial charge in [0.1, 0.15) is 0 Å². The van der Waals surface area contributed by atoms with Crippen molar-refractivity contribution < 1.29 is 9.59 Å². The summed E-state index contributed by atoms with van der Waals surface area (Å²) in [5.74, 6) is -0.244. The van der Waals surface area contributed by atoms with E-state index in [0.717, 1.165) is 42.4 Å². The molecule has 1 heterocycles. The number of rotatable bonds is 4. The van der Waals surface area contributed by atoms with E-state index in [1.165, 1.54) is 0 Å². The first-order chi connectivity index (χ1) is 13.1. The maximum atomic E-state index is 13.4. The largest absolute Gasteiger partial charge is 0.353 e. The summed E-state index contributed by atoms with van der Waals surface area (Å²) in [5.41, 5.74) is 3.75. The Morgan fingerprint density at radius 2 is 1.81 bits per heavy atom. The molecule has 2 atom stereocenters. The van der Waals surface area contributed by atoms with Gasteiger partial charge in [0.15, 0.2) is 0 Å². The molecule has 0 radical (unpaired) electrons. The average molecular weight is 360 g/mol. The molecule has 2 aromatic carbocycles. The first kappa shape index (κ1) is 16.5. The Labute approximate surface area is 159 Å². The molecule has 2 amide bonds. The fraction of sp³-hybridized carbons (Fsp3) is 0.391. The number of nitrogens with zero attached hydrogens (tertiary/aromatic N) is 1. The predicted octanol–water partition coefficient (Wildman–Crippen LogP) is 3.72. The van der Waals surface area contributed by atoms with Crippen LogP contribution in [0.4, 0.5) is 0 Å². The van der Waals surface area contributed by atoms with Crippen LogP contribution in [0.1, 0.15) is 64.7 Å². The minimum atomic E-state index is -0.359. The molecule has 2 aromatic rings. The highest BCUT2D eigenvalue weighted by molar-refractivity contribution is 6.01. The Morgan fingerprint density at radius 1 is 1.04 bits per heavy atom. The number of nitrogens with one attached hydrogen (secondary N) is 1. The van der Waals surface area contributed by atoms with E-state index in [1.54, 1.807) is 0 Å². The SMILES string of the molecule is Cc1cccc([C@@H]2[C@@H](C(=O)NC3CC3)c3ccccc3C(=O)N2C2CC2)c1. The standard InChI is InChI=1S/C23H24N2O2/c1-14-5-4-6-15(13-14)21-20(22(26)24-16-9-10-16)18-7-2-3-8-19(18)23(27)25(21)17-11-12-17/h2-8,13,16-17,20-21H,9-12H2,1H3,(H,24,26)/t20-,21+/m0/s1. The lowest BCUT2D eigenvalue weighted by Gasteiger charge is -2.42. The van der Waals surface area contributed by atoms with Gasteiger partial charge in [-0.15, -0.1) is 0 Å². The summed E-state index contributed by atoms with van der Waals surface area (Å²) >= 11 is 0. The van der Waals surface area contributed by atoms with Crippen LogP contribution in [-0.2, 0) is 4.79 Å². The van der Waals surface area contributed by atoms with Gasteiger partial charge in [0.25, 0.3) is 5.91 Å². The molecule has 2 saturated carbocycles. The van der Waals surface area contributed by atoms with E-state index in [0.29, 0.717) is 11.6 Å². The predicted molar refractivity (Wildman–Crippen MR) is 103 cm³/mol. The third kappa shape index (κ3) is 2.93. The third-order valence-electron chi connectivity index (χ3n) is 5.91. The zero-order chi connectivity index (χ0) is 18.5. The molecule has 1 aliphatic heterocycles. The van der Waals surface area contributed by atoms with Crippen molar-refractivity contribution in [2.24, 2.45) is 0 Å². The van der Waals surface area contributed by atoms with E-state index >= 15 is 0 Å². The van der Waals surface area contributed by atoms with Gasteiger partial charge >= 0.3 is 0 Å². The Kier molecular flexibility index (Phi) is 3.81. The number of carbonyl (C=O) groups excluding carboxylic acids is 2. The molecule has 0 spiro atoms. The first-order valence-electron chi connectivity index (χ1n) is 9.92. The summed E-state index contributed by atoms with van der Waals surface area (Å²) in [5, 5.41) is 3.20. The van der Waals surface area contributed by atoms with Crippen LogP contribution in [-0.4, -0.2) is 28.8 Å². The number of aryl methyl sites for hydroxylation is 1. The lowest BCUT2D eigenvalue weighted by Crippen LogP contribution is -2.48. The number of benzene rings is 2. The van der Waals surface area contributed by atoms with Crippen LogP contribution in [0.25, 0.3) is 0 Å². The Bertz CT molecular complexity index is 914. The highest BCUT2D eigenvalue weighted by Gasteiger charge is 2.49. The molecule has 4 nitrogen and oxygen atoms in total. The summed E-state index contributed by atoms with van der Waals surface area (Å²) in [7, 11) is 0. The normalized spacial score (nSPS) is 24.5. The molecule has 27 heavy (non-hydrogen) atoms. The van der Waals surface area contributed by atoms with E-state index in [2.05, 4.69) is 30.4 Å². The number of hydrogen-bond donors (Lipinski definition) is 1. The van der Waals surface area contributed by atoms with Gasteiger partial charge in [-0.3, -0.25) is 9.59 Å². The van der Waals surface area contributed by atoms with Crippen molar-refractivity contribution in [1.82, 2.24) is 10.2 Å². The second-order valence-corrected chi connectivity index (χ2v) is 8.15. The van der Waals surface area contributed by atoms with Crippen molar-refractivity contribution in [1.29, 1.82) is 0 Å². The maximum absolute atomic E-state index is 13.4. The van der Waals surface area contributed by atoms with Crippen LogP contribution in [0.3, 0.4) is 0 Å². The van der Waals surface area contributed by atoms with Gasteiger partial charge in [-0.05, 0) is 49.8 Å². The molecule has 5 rings (SSSR count). The highest BCUT2D eigenvalue weighted by atomic mass is 16.2. The number of amides is 2. The minimum Gasteiger partial charge on any atom is -0.353 e. The molecule has 0 saturated heterocycles. The van der Waals surface area contributed by atoms with Crippen LogP contribution in [0.2, 0.25) is 0 Å². The van der Waals surface area contributed by atoms with Gasteiger partial charge < -0.3 is 10.2 Å². The van der Waals surface area contributed by atoms with Crippen LogP contribution < -0.4 is 5.32 Å². The van der Waals surface area contributed by atoms with E-state index in [9.17, 15) is 9.59 Å². The maximum Gasteiger partial charge on any atom is 0.254 e. The van der Waals surface area contributed by atoms with Crippen LogP contribution >= 0.6 is 0 Å². The average Bonchev–Trinajstić information content (AvgIpc) is 3.56.